The lowest BCUT2D eigenvalue weighted by molar-refractivity contribution is -0.122. The molecule has 2 fully saturated rings. The van der Waals surface area contributed by atoms with Gasteiger partial charge in [0.1, 0.15) is 0 Å². The summed E-state index contributed by atoms with van der Waals surface area (Å²) in [6.45, 7) is 8.18. The number of hydrogen-bond donors (Lipinski definition) is 0. The van der Waals surface area contributed by atoms with Gasteiger partial charge in [0.25, 0.3) is 0 Å². The third-order valence-corrected chi connectivity index (χ3v) is 7.98. The summed E-state index contributed by atoms with van der Waals surface area (Å²) in [5.41, 5.74) is 9.89. The zero-order chi connectivity index (χ0) is 24.4. The standard InChI is InChI=1S/C32H29NO2/c1-18-5-10-22(11-6-18)27(23-12-7-19(2)8-13-23)28-24-14-15-25(28)30-29(24)31(34)33(32(30)35)26-16-9-20(3)17-21(26)4/h5-17,24-25,29-30H,1-4H3/t24-,25-,29+,30+/m1/s1. The van der Waals surface area contributed by atoms with Crippen LogP contribution in [0.25, 0.3) is 5.57 Å². The SMILES string of the molecule is Cc1ccc(C(=C2[C@H]3C=C[C@H]2[C@@H]2C(=O)N(c4ccc(C)cc4C)C(=O)[C@H]23)c2ccc(C)cc2)cc1. The molecule has 6 rings (SSSR count). The van der Waals surface area contributed by atoms with E-state index in [2.05, 4.69) is 74.5 Å². The number of aryl methyl sites for hydroxylation is 4. The number of rotatable bonds is 3. The van der Waals surface area contributed by atoms with Gasteiger partial charge in [0.05, 0.1) is 17.5 Å². The highest BCUT2D eigenvalue weighted by Gasteiger charge is 2.62. The van der Waals surface area contributed by atoms with Gasteiger partial charge in [0.15, 0.2) is 0 Å². The third kappa shape index (κ3) is 3.25. The molecule has 1 aliphatic heterocycles. The molecule has 3 aromatic carbocycles. The van der Waals surface area contributed by atoms with E-state index in [1.807, 2.05) is 32.0 Å². The Morgan fingerprint density at radius 2 is 1.09 bits per heavy atom. The molecule has 35 heavy (non-hydrogen) atoms. The van der Waals surface area contributed by atoms with E-state index in [9.17, 15) is 9.59 Å². The Morgan fingerprint density at radius 1 is 0.629 bits per heavy atom. The molecule has 0 aromatic heterocycles. The number of nitrogens with zero attached hydrogens (tertiary/aromatic N) is 1. The van der Waals surface area contributed by atoms with Crippen molar-refractivity contribution in [1.29, 1.82) is 0 Å². The van der Waals surface area contributed by atoms with E-state index in [1.54, 1.807) is 0 Å². The van der Waals surface area contributed by atoms with E-state index in [0.717, 1.165) is 33.5 Å². The monoisotopic (exact) mass is 459 g/mol. The van der Waals surface area contributed by atoms with E-state index in [4.69, 9.17) is 0 Å². The molecule has 2 aliphatic carbocycles. The van der Waals surface area contributed by atoms with Gasteiger partial charge >= 0.3 is 0 Å². The molecule has 2 amide bonds. The first-order valence-corrected chi connectivity index (χ1v) is 12.4. The van der Waals surface area contributed by atoms with Gasteiger partial charge in [0, 0.05) is 11.8 Å². The fourth-order valence-corrected chi connectivity index (χ4v) is 6.33. The summed E-state index contributed by atoms with van der Waals surface area (Å²) < 4.78 is 0. The summed E-state index contributed by atoms with van der Waals surface area (Å²) in [4.78, 5) is 29.1. The van der Waals surface area contributed by atoms with Crippen LogP contribution >= 0.6 is 0 Å². The van der Waals surface area contributed by atoms with E-state index in [1.165, 1.54) is 21.6 Å². The molecule has 3 heteroatoms. The van der Waals surface area contributed by atoms with Crippen LogP contribution in [0.2, 0.25) is 0 Å². The van der Waals surface area contributed by atoms with Gasteiger partial charge < -0.3 is 0 Å². The average Bonchev–Trinajstić information content (AvgIpc) is 3.46. The summed E-state index contributed by atoms with van der Waals surface area (Å²) in [7, 11) is 0. The summed E-state index contributed by atoms with van der Waals surface area (Å²) in [5, 5.41) is 0. The number of anilines is 1. The molecular formula is C32H29NO2. The molecule has 3 aliphatic rings. The molecule has 1 heterocycles. The number of fused-ring (bicyclic) bond motifs is 5. The zero-order valence-corrected chi connectivity index (χ0v) is 20.6. The second-order valence-electron chi connectivity index (χ2n) is 10.4. The molecule has 1 saturated carbocycles. The molecule has 0 unspecified atom stereocenters. The fourth-order valence-electron chi connectivity index (χ4n) is 6.33. The quantitative estimate of drug-likeness (QED) is 0.338. The van der Waals surface area contributed by atoms with E-state index >= 15 is 0 Å². The van der Waals surface area contributed by atoms with Crippen molar-refractivity contribution in [2.75, 3.05) is 4.90 Å². The van der Waals surface area contributed by atoms with Crippen LogP contribution in [0.4, 0.5) is 5.69 Å². The molecule has 0 spiro atoms. The van der Waals surface area contributed by atoms with E-state index in [-0.39, 0.29) is 35.5 Å². The number of benzene rings is 3. The second kappa shape index (κ2) is 7.91. The molecule has 2 bridgehead atoms. The second-order valence-corrected chi connectivity index (χ2v) is 10.4. The van der Waals surface area contributed by atoms with Gasteiger partial charge in [-0.1, -0.05) is 89.5 Å². The third-order valence-electron chi connectivity index (χ3n) is 7.98. The highest BCUT2D eigenvalue weighted by molar-refractivity contribution is 6.23. The number of carbonyl (C=O) groups excluding carboxylic acids is 2. The maximum Gasteiger partial charge on any atom is 0.238 e. The lowest BCUT2D eigenvalue weighted by Crippen LogP contribution is -2.33. The van der Waals surface area contributed by atoms with E-state index in [0.29, 0.717) is 0 Å². The van der Waals surface area contributed by atoms with Gasteiger partial charge in [-0.05, 0) is 61.6 Å². The van der Waals surface area contributed by atoms with Gasteiger partial charge in [-0.2, -0.15) is 0 Å². The number of allylic oxidation sites excluding steroid dienone is 3. The smallest absolute Gasteiger partial charge is 0.238 e. The first-order valence-electron chi connectivity index (χ1n) is 12.4. The average molecular weight is 460 g/mol. The largest absolute Gasteiger partial charge is 0.274 e. The van der Waals surface area contributed by atoms with Crippen LogP contribution in [0, 0.1) is 51.4 Å². The topological polar surface area (TPSA) is 37.4 Å². The Bertz CT molecular complexity index is 1340. The molecule has 3 aromatic rings. The normalized spacial score (nSPS) is 24.5. The van der Waals surface area contributed by atoms with Crippen LogP contribution in [-0.2, 0) is 9.59 Å². The van der Waals surface area contributed by atoms with Crippen molar-refractivity contribution >= 4 is 23.1 Å². The summed E-state index contributed by atoms with van der Waals surface area (Å²) in [6, 6.07) is 23.1. The van der Waals surface area contributed by atoms with Crippen LogP contribution in [0.1, 0.15) is 33.4 Å². The number of carbonyl (C=O) groups is 2. The van der Waals surface area contributed by atoms with Crippen molar-refractivity contribution in [2.24, 2.45) is 23.7 Å². The highest BCUT2D eigenvalue weighted by Crippen LogP contribution is 2.59. The summed E-state index contributed by atoms with van der Waals surface area (Å²) in [5.74, 6) is -0.912. The molecule has 1 saturated heterocycles. The Morgan fingerprint density at radius 3 is 1.54 bits per heavy atom. The minimum atomic E-state index is -0.334. The Kier molecular flexibility index (Phi) is 4.93. The van der Waals surface area contributed by atoms with Crippen LogP contribution in [0.5, 0.6) is 0 Å². The molecule has 4 atom stereocenters. The maximum absolute atomic E-state index is 13.8. The van der Waals surface area contributed by atoms with Crippen LogP contribution in [0.15, 0.2) is 84.5 Å². The lowest BCUT2D eigenvalue weighted by Gasteiger charge is -2.23. The van der Waals surface area contributed by atoms with E-state index < -0.39 is 0 Å². The molecule has 174 valence electrons. The van der Waals surface area contributed by atoms with Gasteiger partial charge in [-0.3, -0.25) is 9.59 Å². The van der Waals surface area contributed by atoms with Crippen molar-refractivity contribution in [3.63, 3.8) is 0 Å². The minimum absolute atomic E-state index is 0.0604. The van der Waals surface area contributed by atoms with Gasteiger partial charge in [-0.25, -0.2) is 4.90 Å². The van der Waals surface area contributed by atoms with Gasteiger partial charge in [-0.15, -0.1) is 0 Å². The first kappa shape index (κ1) is 21.8. The predicted molar refractivity (Wildman–Crippen MR) is 140 cm³/mol. The van der Waals surface area contributed by atoms with Gasteiger partial charge in [0.2, 0.25) is 11.8 Å². The number of imide groups is 1. The summed E-state index contributed by atoms with van der Waals surface area (Å²) in [6.07, 6.45) is 4.33. The highest BCUT2D eigenvalue weighted by atomic mass is 16.2. The molecule has 0 N–H and O–H groups in total. The van der Waals surface area contributed by atoms with Crippen LogP contribution < -0.4 is 4.90 Å². The number of hydrogen-bond acceptors (Lipinski definition) is 2. The predicted octanol–water partition coefficient (Wildman–Crippen LogP) is 6.34. The first-order chi connectivity index (χ1) is 16.8. The molecule has 0 radical (unpaired) electrons. The zero-order valence-electron chi connectivity index (χ0n) is 20.6. The Labute approximate surface area is 206 Å². The van der Waals surface area contributed by atoms with Crippen molar-refractivity contribution in [3.8, 4) is 0 Å². The summed E-state index contributed by atoms with van der Waals surface area (Å²) >= 11 is 0. The fraction of sp³-hybridized carbons (Fsp3) is 0.250. The molecule has 3 nitrogen and oxygen atoms in total. The maximum atomic E-state index is 13.8. The van der Waals surface area contributed by atoms with Crippen LogP contribution in [0.3, 0.4) is 0 Å². The minimum Gasteiger partial charge on any atom is -0.274 e. The molecular weight excluding hydrogens is 430 g/mol. The Balaban J connectivity index is 1.49. The van der Waals surface area contributed by atoms with Crippen molar-refractivity contribution < 1.29 is 9.59 Å². The van der Waals surface area contributed by atoms with Crippen molar-refractivity contribution in [1.82, 2.24) is 0 Å². The lowest BCUT2D eigenvalue weighted by atomic mass is 9.85. The van der Waals surface area contributed by atoms with Crippen LogP contribution in [-0.4, -0.2) is 11.8 Å². The Hall–Kier alpha value is -3.72. The van der Waals surface area contributed by atoms with Crippen molar-refractivity contribution in [3.05, 3.63) is 118 Å². The number of amides is 2. The van der Waals surface area contributed by atoms with Crippen molar-refractivity contribution in [2.45, 2.75) is 27.7 Å².